The molecule has 3 rings (SSSR count). The summed E-state index contributed by atoms with van der Waals surface area (Å²) < 4.78 is 0. The van der Waals surface area contributed by atoms with Crippen LogP contribution in [0.1, 0.15) is 36.3 Å². The zero-order chi connectivity index (χ0) is 14.8. The van der Waals surface area contributed by atoms with Gasteiger partial charge in [-0.25, -0.2) is 4.79 Å². The highest BCUT2D eigenvalue weighted by Gasteiger charge is 2.25. The second-order valence-electron chi connectivity index (χ2n) is 5.82. The van der Waals surface area contributed by atoms with Crippen molar-refractivity contribution in [2.75, 3.05) is 24.5 Å². The SMILES string of the molecule is Cc1cc(N2CCC(=O)NC2=O)ccc1C1CCNCC1. The Bertz CT molecular complexity index is 565. The molecule has 0 unspecified atom stereocenters. The van der Waals surface area contributed by atoms with Crippen molar-refractivity contribution in [3.63, 3.8) is 0 Å². The lowest BCUT2D eigenvalue weighted by Gasteiger charge is -2.29. The Balaban J connectivity index is 1.80. The maximum absolute atomic E-state index is 11.9. The van der Waals surface area contributed by atoms with Crippen LogP contribution in [0.2, 0.25) is 0 Å². The van der Waals surface area contributed by atoms with E-state index in [9.17, 15) is 9.59 Å². The number of carbonyl (C=O) groups is 2. The molecule has 5 nitrogen and oxygen atoms in total. The van der Waals surface area contributed by atoms with Gasteiger partial charge in [-0.15, -0.1) is 0 Å². The molecule has 2 heterocycles. The third kappa shape index (κ3) is 2.93. The molecule has 0 bridgehead atoms. The summed E-state index contributed by atoms with van der Waals surface area (Å²) in [5.74, 6) is 0.413. The molecule has 1 aromatic rings. The van der Waals surface area contributed by atoms with E-state index in [1.165, 1.54) is 24.0 Å². The number of amides is 3. The first-order chi connectivity index (χ1) is 10.1. The van der Waals surface area contributed by atoms with Crippen LogP contribution >= 0.6 is 0 Å². The Morgan fingerprint density at radius 2 is 1.95 bits per heavy atom. The average molecular weight is 287 g/mol. The van der Waals surface area contributed by atoms with E-state index in [1.807, 2.05) is 6.07 Å². The van der Waals surface area contributed by atoms with Crippen LogP contribution in [-0.4, -0.2) is 31.6 Å². The zero-order valence-corrected chi connectivity index (χ0v) is 12.3. The van der Waals surface area contributed by atoms with Crippen LogP contribution in [0.15, 0.2) is 18.2 Å². The molecule has 0 radical (unpaired) electrons. The van der Waals surface area contributed by atoms with E-state index in [2.05, 4.69) is 29.7 Å². The van der Waals surface area contributed by atoms with Gasteiger partial charge in [-0.2, -0.15) is 0 Å². The molecular weight excluding hydrogens is 266 g/mol. The minimum atomic E-state index is -0.319. The number of nitrogens with zero attached hydrogens (tertiary/aromatic N) is 1. The van der Waals surface area contributed by atoms with Gasteiger partial charge in [0.2, 0.25) is 5.91 Å². The van der Waals surface area contributed by atoms with Crippen molar-refractivity contribution >= 4 is 17.6 Å². The number of aryl methyl sites for hydroxylation is 1. The number of hydrogen-bond donors (Lipinski definition) is 2. The van der Waals surface area contributed by atoms with E-state index in [0.29, 0.717) is 18.9 Å². The van der Waals surface area contributed by atoms with Crippen LogP contribution in [0.25, 0.3) is 0 Å². The monoisotopic (exact) mass is 287 g/mol. The first-order valence-corrected chi connectivity index (χ1v) is 7.58. The molecule has 0 aromatic heterocycles. The average Bonchev–Trinajstić information content (AvgIpc) is 2.48. The van der Waals surface area contributed by atoms with Crippen molar-refractivity contribution in [1.29, 1.82) is 0 Å². The first-order valence-electron chi connectivity index (χ1n) is 7.58. The number of nitrogens with one attached hydrogen (secondary N) is 2. The minimum Gasteiger partial charge on any atom is -0.317 e. The van der Waals surface area contributed by atoms with E-state index in [0.717, 1.165) is 18.8 Å². The number of anilines is 1. The number of rotatable bonds is 2. The number of piperidine rings is 1. The second-order valence-corrected chi connectivity index (χ2v) is 5.82. The molecule has 2 N–H and O–H groups in total. The lowest BCUT2D eigenvalue weighted by Crippen LogP contribution is -2.49. The quantitative estimate of drug-likeness (QED) is 0.873. The smallest absolute Gasteiger partial charge is 0.317 e. The maximum Gasteiger partial charge on any atom is 0.328 e. The van der Waals surface area contributed by atoms with Crippen LogP contribution in [0, 0.1) is 6.92 Å². The summed E-state index contributed by atoms with van der Waals surface area (Å²) in [5, 5.41) is 5.75. The van der Waals surface area contributed by atoms with Crippen LogP contribution < -0.4 is 15.5 Å². The molecule has 2 fully saturated rings. The van der Waals surface area contributed by atoms with Crippen LogP contribution in [0.3, 0.4) is 0 Å². The van der Waals surface area contributed by atoms with Gasteiger partial charge in [0, 0.05) is 18.7 Å². The Hall–Kier alpha value is -1.88. The Morgan fingerprint density at radius 1 is 1.19 bits per heavy atom. The molecule has 2 saturated heterocycles. The van der Waals surface area contributed by atoms with E-state index >= 15 is 0 Å². The molecule has 0 saturated carbocycles. The van der Waals surface area contributed by atoms with Crippen LogP contribution in [0.4, 0.5) is 10.5 Å². The largest absolute Gasteiger partial charge is 0.328 e. The molecular formula is C16H21N3O2. The Morgan fingerprint density at radius 3 is 2.62 bits per heavy atom. The van der Waals surface area contributed by atoms with Gasteiger partial charge in [0.15, 0.2) is 0 Å². The first kappa shape index (κ1) is 14.1. The molecule has 0 atom stereocenters. The molecule has 2 aliphatic heterocycles. The Kier molecular flexibility index (Phi) is 3.92. The molecule has 1 aromatic carbocycles. The summed E-state index contributed by atoms with van der Waals surface area (Å²) >= 11 is 0. The van der Waals surface area contributed by atoms with Gasteiger partial charge in [0.05, 0.1) is 0 Å². The molecule has 3 amide bonds. The van der Waals surface area contributed by atoms with Gasteiger partial charge >= 0.3 is 6.03 Å². The van der Waals surface area contributed by atoms with Crippen LogP contribution in [0.5, 0.6) is 0 Å². The van der Waals surface area contributed by atoms with Gasteiger partial charge in [-0.3, -0.25) is 15.0 Å². The predicted molar refractivity (Wildman–Crippen MR) is 81.5 cm³/mol. The number of hydrogen-bond acceptors (Lipinski definition) is 3. The van der Waals surface area contributed by atoms with Gasteiger partial charge in [0.1, 0.15) is 0 Å². The highest BCUT2D eigenvalue weighted by atomic mass is 16.2. The summed E-state index contributed by atoms with van der Waals surface area (Å²) in [5.41, 5.74) is 3.48. The number of urea groups is 1. The fourth-order valence-electron chi connectivity index (χ4n) is 3.23. The molecule has 112 valence electrons. The third-order valence-electron chi connectivity index (χ3n) is 4.40. The molecule has 5 heteroatoms. The van der Waals surface area contributed by atoms with Crippen molar-refractivity contribution in [3.05, 3.63) is 29.3 Å². The molecule has 2 aliphatic rings. The fourth-order valence-corrected chi connectivity index (χ4v) is 3.23. The number of carbonyl (C=O) groups excluding carboxylic acids is 2. The lowest BCUT2D eigenvalue weighted by molar-refractivity contribution is -0.120. The number of benzene rings is 1. The van der Waals surface area contributed by atoms with Gasteiger partial charge in [-0.1, -0.05) is 6.07 Å². The summed E-state index contributed by atoms with van der Waals surface area (Å²) in [6.07, 6.45) is 2.69. The predicted octanol–water partition coefficient (Wildman–Crippen LogP) is 1.91. The standard InChI is InChI=1S/C16H21N3O2/c1-11-10-13(19-9-6-15(20)18-16(19)21)2-3-14(11)12-4-7-17-8-5-12/h2-3,10,12,17H,4-9H2,1H3,(H,18,20,21). The maximum atomic E-state index is 11.9. The third-order valence-corrected chi connectivity index (χ3v) is 4.40. The lowest BCUT2D eigenvalue weighted by atomic mass is 9.87. The van der Waals surface area contributed by atoms with Crippen molar-refractivity contribution in [3.8, 4) is 0 Å². The molecule has 0 spiro atoms. The van der Waals surface area contributed by atoms with E-state index in [1.54, 1.807) is 4.90 Å². The molecule has 21 heavy (non-hydrogen) atoms. The van der Waals surface area contributed by atoms with Crippen molar-refractivity contribution in [1.82, 2.24) is 10.6 Å². The summed E-state index contributed by atoms with van der Waals surface area (Å²) in [7, 11) is 0. The Labute approximate surface area is 124 Å². The second kappa shape index (κ2) is 5.85. The number of imide groups is 1. The van der Waals surface area contributed by atoms with Crippen LogP contribution in [-0.2, 0) is 4.79 Å². The van der Waals surface area contributed by atoms with Gasteiger partial charge < -0.3 is 5.32 Å². The zero-order valence-electron chi connectivity index (χ0n) is 12.3. The van der Waals surface area contributed by atoms with E-state index in [4.69, 9.17) is 0 Å². The minimum absolute atomic E-state index is 0.195. The summed E-state index contributed by atoms with van der Waals surface area (Å²) in [4.78, 5) is 24.7. The highest BCUT2D eigenvalue weighted by Crippen LogP contribution is 2.30. The van der Waals surface area contributed by atoms with E-state index < -0.39 is 0 Å². The van der Waals surface area contributed by atoms with Gasteiger partial charge in [-0.05, 0) is 62.0 Å². The van der Waals surface area contributed by atoms with Crippen molar-refractivity contribution < 1.29 is 9.59 Å². The van der Waals surface area contributed by atoms with Crippen molar-refractivity contribution in [2.24, 2.45) is 0 Å². The fraction of sp³-hybridized carbons (Fsp3) is 0.500. The normalized spacial score (nSPS) is 20.5. The molecule has 0 aliphatic carbocycles. The van der Waals surface area contributed by atoms with E-state index in [-0.39, 0.29) is 11.9 Å². The topological polar surface area (TPSA) is 61.4 Å². The summed E-state index contributed by atoms with van der Waals surface area (Å²) in [6, 6.07) is 5.89. The van der Waals surface area contributed by atoms with Gasteiger partial charge in [0.25, 0.3) is 0 Å². The summed E-state index contributed by atoms with van der Waals surface area (Å²) in [6.45, 7) is 4.70. The highest BCUT2D eigenvalue weighted by molar-refractivity contribution is 6.05. The van der Waals surface area contributed by atoms with Crippen molar-refractivity contribution in [2.45, 2.75) is 32.1 Å².